The summed E-state index contributed by atoms with van der Waals surface area (Å²) in [6, 6.07) is 6.99. The fraction of sp³-hybridized carbons (Fsp3) is 0.421. The topological polar surface area (TPSA) is 62.3 Å². The molecule has 144 valence electrons. The molecule has 1 aromatic heterocycles. The monoisotopic (exact) mass is 423 g/mol. The summed E-state index contributed by atoms with van der Waals surface area (Å²) in [4.78, 5) is 30.9. The molecule has 27 heavy (non-hydrogen) atoms. The lowest BCUT2D eigenvalue weighted by Gasteiger charge is -2.30. The van der Waals surface area contributed by atoms with Gasteiger partial charge in [0.1, 0.15) is 0 Å². The van der Waals surface area contributed by atoms with Gasteiger partial charge in [-0.1, -0.05) is 30.3 Å². The Morgan fingerprint density at radius 1 is 1.37 bits per heavy atom. The van der Waals surface area contributed by atoms with Gasteiger partial charge in [0.15, 0.2) is 4.34 Å². The number of hydrogen-bond acceptors (Lipinski definition) is 5. The van der Waals surface area contributed by atoms with Crippen LogP contribution in [0.5, 0.6) is 0 Å². The van der Waals surface area contributed by atoms with Crippen molar-refractivity contribution < 1.29 is 9.59 Å². The second-order valence-electron chi connectivity index (χ2n) is 6.71. The number of amides is 2. The Hall–Kier alpha value is -1.57. The van der Waals surface area contributed by atoms with Gasteiger partial charge in [-0.05, 0) is 43.0 Å². The first-order valence-electron chi connectivity index (χ1n) is 8.90. The smallest absolute Gasteiger partial charge is 0.234 e. The summed E-state index contributed by atoms with van der Waals surface area (Å²) in [6.45, 7) is 3.88. The molecule has 1 saturated heterocycles. The molecule has 1 N–H and O–H groups in total. The molecule has 1 fully saturated rings. The maximum Gasteiger partial charge on any atom is 0.234 e. The van der Waals surface area contributed by atoms with Gasteiger partial charge in [-0.3, -0.25) is 9.59 Å². The largest absolute Gasteiger partial charge is 0.342 e. The van der Waals surface area contributed by atoms with Crippen LogP contribution in [-0.4, -0.2) is 40.5 Å². The molecule has 1 aromatic carbocycles. The molecule has 0 spiro atoms. The molecule has 2 amide bonds. The Morgan fingerprint density at radius 3 is 2.89 bits per heavy atom. The molecule has 0 unspecified atom stereocenters. The Labute approximate surface area is 172 Å². The van der Waals surface area contributed by atoms with Crippen LogP contribution >= 0.6 is 34.7 Å². The van der Waals surface area contributed by atoms with Crippen molar-refractivity contribution in [2.45, 2.75) is 30.5 Å². The number of piperidine rings is 1. The average molecular weight is 424 g/mol. The molecule has 1 aliphatic rings. The van der Waals surface area contributed by atoms with Crippen molar-refractivity contribution in [3.63, 3.8) is 0 Å². The number of hydrogen-bond donors (Lipinski definition) is 1. The number of rotatable bonds is 6. The van der Waals surface area contributed by atoms with E-state index in [4.69, 9.17) is 11.6 Å². The summed E-state index contributed by atoms with van der Waals surface area (Å²) in [5.74, 6) is 0.886. The van der Waals surface area contributed by atoms with E-state index in [-0.39, 0.29) is 17.6 Å². The van der Waals surface area contributed by atoms with Gasteiger partial charge in [-0.2, -0.15) is 0 Å². The average Bonchev–Trinajstić information content (AvgIpc) is 3.09. The molecule has 2 aromatic rings. The number of nitrogens with zero attached hydrogens (tertiary/aromatic N) is 2. The van der Waals surface area contributed by atoms with E-state index in [1.165, 1.54) is 29.5 Å². The van der Waals surface area contributed by atoms with Crippen LogP contribution in [0.25, 0.3) is 0 Å². The highest BCUT2D eigenvalue weighted by atomic mass is 35.5. The van der Waals surface area contributed by atoms with Gasteiger partial charge in [-0.25, -0.2) is 4.98 Å². The molecule has 0 radical (unpaired) electrons. The molecule has 1 atom stereocenters. The van der Waals surface area contributed by atoms with E-state index < -0.39 is 0 Å². The highest BCUT2D eigenvalue weighted by molar-refractivity contribution is 8.01. The normalized spacial score (nSPS) is 17.0. The van der Waals surface area contributed by atoms with Crippen molar-refractivity contribution in [1.82, 2.24) is 9.88 Å². The predicted molar refractivity (Wildman–Crippen MR) is 112 cm³/mol. The standard InChI is InChI=1S/C19H22ClN3O2S2/c1-13-3-2-8-23(10-13)18(25)9-16-11-26-19(22-16)27-12-17(24)21-15-6-4-14(20)5-7-15/h4-7,11,13H,2-3,8-10,12H2,1H3,(H,21,24)/t13-/m1/s1. The molecule has 0 aliphatic carbocycles. The van der Waals surface area contributed by atoms with Gasteiger partial charge in [0.2, 0.25) is 11.8 Å². The number of nitrogens with one attached hydrogen (secondary N) is 1. The molecule has 5 nitrogen and oxygen atoms in total. The SMILES string of the molecule is C[C@@H]1CCCN(C(=O)Cc2csc(SCC(=O)Nc3ccc(Cl)cc3)n2)C1. The van der Waals surface area contributed by atoms with E-state index >= 15 is 0 Å². The first-order valence-corrected chi connectivity index (χ1v) is 11.1. The fourth-order valence-electron chi connectivity index (χ4n) is 2.98. The molecule has 2 heterocycles. The zero-order valence-electron chi connectivity index (χ0n) is 15.1. The highest BCUT2D eigenvalue weighted by Gasteiger charge is 2.21. The Balaban J connectivity index is 1.45. The maximum atomic E-state index is 12.4. The van der Waals surface area contributed by atoms with Crippen LogP contribution in [0.1, 0.15) is 25.5 Å². The second-order valence-corrected chi connectivity index (χ2v) is 9.23. The van der Waals surface area contributed by atoms with Crippen LogP contribution in [-0.2, 0) is 16.0 Å². The quantitative estimate of drug-likeness (QED) is 0.702. The van der Waals surface area contributed by atoms with Crippen molar-refractivity contribution in [2.75, 3.05) is 24.2 Å². The third-order valence-corrected chi connectivity index (χ3v) is 6.65. The van der Waals surface area contributed by atoms with E-state index in [2.05, 4.69) is 17.2 Å². The Morgan fingerprint density at radius 2 is 2.15 bits per heavy atom. The minimum Gasteiger partial charge on any atom is -0.342 e. The van der Waals surface area contributed by atoms with Crippen LogP contribution in [0, 0.1) is 5.92 Å². The lowest BCUT2D eigenvalue weighted by molar-refractivity contribution is -0.132. The molecule has 1 aliphatic heterocycles. The molecule has 8 heteroatoms. The maximum absolute atomic E-state index is 12.4. The predicted octanol–water partition coefficient (Wildman–Crippen LogP) is 4.33. The summed E-state index contributed by atoms with van der Waals surface area (Å²) in [7, 11) is 0. The number of thioether (sulfide) groups is 1. The van der Waals surface area contributed by atoms with Gasteiger partial charge in [-0.15, -0.1) is 11.3 Å². The van der Waals surface area contributed by atoms with Crippen molar-refractivity contribution in [2.24, 2.45) is 5.92 Å². The summed E-state index contributed by atoms with van der Waals surface area (Å²) in [6.07, 6.45) is 2.61. The number of halogens is 1. The van der Waals surface area contributed by atoms with Gasteiger partial charge in [0.25, 0.3) is 0 Å². The van der Waals surface area contributed by atoms with E-state index in [0.29, 0.717) is 23.0 Å². The number of carbonyl (C=O) groups is 2. The number of likely N-dealkylation sites (tertiary alicyclic amines) is 1. The third-order valence-electron chi connectivity index (χ3n) is 4.33. The van der Waals surface area contributed by atoms with Gasteiger partial charge in [0, 0.05) is 29.2 Å². The molecule has 0 bridgehead atoms. The summed E-state index contributed by atoms with van der Waals surface area (Å²) < 4.78 is 0.802. The van der Waals surface area contributed by atoms with Crippen LogP contribution in [0.15, 0.2) is 34.0 Å². The number of aromatic nitrogens is 1. The first kappa shape index (κ1) is 20.2. The van der Waals surface area contributed by atoms with Gasteiger partial charge in [0.05, 0.1) is 17.9 Å². The minimum absolute atomic E-state index is 0.0996. The van der Waals surface area contributed by atoms with Crippen molar-refractivity contribution in [1.29, 1.82) is 0 Å². The number of anilines is 1. The lowest BCUT2D eigenvalue weighted by atomic mass is 10.00. The van der Waals surface area contributed by atoms with Crippen molar-refractivity contribution >= 4 is 52.2 Å². The number of carbonyl (C=O) groups excluding carboxylic acids is 2. The fourth-order valence-corrected chi connectivity index (χ4v) is 4.75. The van der Waals surface area contributed by atoms with Gasteiger partial charge >= 0.3 is 0 Å². The van der Waals surface area contributed by atoms with E-state index in [1.54, 1.807) is 24.3 Å². The van der Waals surface area contributed by atoms with Crippen LogP contribution < -0.4 is 5.32 Å². The summed E-state index contributed by atoms with van der Waals surface area (Å²) >= 11 is 8.69. The third kappa shape index (κ3) is 6.23. The zero-order chi connectivity index (χ0) is 19.2. The van der Waals surface area contributed by atoms with Crippen molar-refractivity contribution in [3.8, 4) is 0 Å². The Bertz CT molecular complexity index is 795. The molecule has 0 saturated carbocycles. The molecular formula is C19H22ClN3O2S2. The molecule has 3 rings (SSSR count). The Kier molecular flexibility index (Phi) is 7.15. The molecular weight excluding hydrogens is 402 g/mol. The number of benzene rings is 1. The van der Waals surface area contributed by atoms with E-state index in [1.807, 2.05) is 10.3 Å². The van der Waals surface area contributed by atoms with Crippen LogP contribution in [0.2, 0.25) is 5.02 Å². The summed E-state index contributed by atoms with van der Waals surface area (Å²) in [5.41, 5.74) is 1.50. The zero-order valence-corrected chi connectivity index (χ0v) is 17.5. The summed E-state index contributed by atoms with van der Waals surface area (Å²) in [5, 5.41) is 5.36. The second kappa shape index (κ2) is 9.57. The highest BCUT2D eigenvalue weighted by Crippen LogP contribution is 2.24. The van der Waals surface area contributed by atoms with Crippen molar-refractivity contribution in [3.05, 3.63) is 40.4 Å². The minimum atomic E-state index is -0.0996. The van der Waals surface area contributed by atoms with Gasteiger partial charge < -0.3 is 10.2 Å². The number of thiazole rings is 1. The van der Waals surface area contributed by atoms with E-state index in [9.17, 15) is 9.59 Å². The first-order chi connectivity index (χ1) is 13.0. The van der Waals surface area contributed by atoms with Crippen LogP contribution in [0.4, 0.5) is 5.69 Å². The van der Waals surface area contributed by atoms with Crippen LogP contribution in [0.3, 0.4) is 0 Å². The van der Waals surface area contributed by atoms with E-state index in [0.717, 1.165) is 29.5 Å². The lowest BCUT2D eigenvalue weighted by Crippen LogP contribution is -2.39.